The van der Waals surface area contributed by atoms with Gasteiger partial charge in [0.05, 0.1) is 13.5 Å². The third-order valence-electron chi connectivity index (χ3n) is 7.75. The molecule has 0 spiro atoms. The van der Waals surface area contributed by atoms with Crippen LogP contribution in [0.15, 0.2) is 66.7 Å². The first kappa shape index (κ1) is 24.2. The van der Waals surface area contributed by atoms with E-state index in [9.17, 15) is 9.90 Å². The van der Waals surface area contributed by atoms with Gasteiger partial charge in [-0.15, -0.1) is 0 Å². The molecular weight excluding hydrogens is 448 g/mol. The highest BCUT2D eigenvalue weighted by atomic mass is 16.5. The molecule has 0 saturated heterocycles. The van der Waals surface area contributed by atoms with Crippen molar-refractivity contribution in [1.29, 1.82) is 0 Å². The van der Waals surface area contributed by atoms with E-state index < -0.39 is 5.97 Å². The standard InChI is InChI=1S/C32H34O4/c1-32(2)15-5-8-30(32)29-16-21(9-14-27(29)23-6-4-7-25(17-23)35-3)20-36-26-13-12-22-10-11-24(18-31(33)34)28(22)19-26/h4,6-9,12-14,16-17,19,24H,5,10-11,15,18,20H2,1-3H3,(H,33,34)/t24-/m1/s1. The van der Waals surface area contributed by atoms with Gasteiger partial charge in [0.25, 0.3) is 0 Å². The highest BCUT2D eigenvalue weighted by Gasteiger charge is 2.30. The molecular formula is C32H34O4. The average Bonchev–Trinajstić information content (AvgIpc) is 3.43. The molecule has 0 aliphatic heterocycles. The zero-order valence-corrected chi connectivity index (χ0v) is 21.3. The molecule has 0 fully saturated rings. The molecule has 2 aliphatic carbocycles. The van der Waals surface area contributed by atoms with Gasteiger partial charge in [0.1, 0.15) is 18.1 Å². The summed E-state index contributed by atoms with van der Waals surface area (Å²) in [6.07, 6.45) is 6.63. The predicted molar refractivity (Wildman–Crippen MR) is 144 cm³/mol. The first-order valence-corrected chi connectivity index (χ1v) is 12.8. The van der Waals surface area contributed by atoms with Crippen LogP contribution in [0.3, 0.4) is 0 Å². The van der Waals surface area contributed by atoms with E-state index in [1.807, 2.05) is 24.3 Å². The molecule has 1 N–H and O–H groups in total. The third kappa shape index (κ3) is 4.90. The van der Waals surface area contributed by atoms with Crippen LogP contribution in [0.1, 0.15) is 67.7 Å². The summed E-state index contributed by atoms with van der Waals surface area (Å²) in [4.78, 5) is 11.3. The summed E-state index contributed by atoms with van der Waals surface area (Å²) >= 11 is 0. The van der Waals surface area contributed by atoms with Crippen LogP contribution in [-0.4, -0.2) is 18.2 Å². The van der Waals surface area contributed by atoms with Crippen molar-refractivity contribution >= 4 is 11.5 Å². The summed E-state index contributed by atoms with van der Waals surface area (Å²) in [5.41, 5.74) is 8.58. The number of benzene rings is 3. The summed E-state index contributed by atoms with van der Waals surface area (Å²) in [6, 6.07) is 21.0. The maximum absolute atomic E-state index is 11.3. The van der Waals surface area contributed by atoms with Crippen molar-refractivity contribution in [3.63, 3.8) is 0 Å². The monoisotopic (exact) mass is 482 g/mol. The molecule has 36 heavy (non-hydrogen) atoms. The van der Waals surface area contributed by atoms with Gasteiger partial charge in [-0.3, -0.25) is 4.79 Å². The van der Waals surface area contributed by atoms with Gasteiger partial charge in [-0.05, 0) is 106 Å². The quantitative estimate of drug-likeness (QED) is 0.358. The molecule has 186 valence electrons. The van der Waals surface area contributed by atoms with Crippen LogP contribution in [0.5, 0.6) is 11.5 Å². The molecule has 0 bridgehead atoms. The first-order valence-electron chi connectivity index (χ1n) is 12.8. The van der Waals surface area contributed by atoms with E-state index in [1.165, 1.54) is 22.3 Å². The summed E-state index contributed by atoms with van der Waals surface area (Å²) < 4.78 is 11.7. The molecule has 0 amide bonds. The second kappa shape index (κ2) is 9.85. The van der Waals surface area contributed by atoms with Crippen LogP contribution < -0.4 is 9.47 Å². The number of hydrogen-bond acceptors (Lipinski definition) is 3. The summed E-state index contributed by atoms with van der Waals surface area (Å²) in [6.45, 7) is 5.10. The summed E-state index contributed by atoms with van der Waals surface area (Å²) in [7, 11) is 1.70. The Morgan fingerprint density at radius 2 is 1.89 bits per heavy atom. The SMILES string of the molecule is COc1cccc(-c2ccc(COc3ccc4c(c3)[C@@H](CC(=O)O)CC4)cc2C2=CCCC2(C)C)c1. The Balaban J connectivity index is 1.43. The molecule has 0 unspecified atom stereocenters. The lowest BCUT2D eigenvalue weighted by Gasteiger charge is -2.25. The topological polar surface area (TPSA) is 55.8 Å². The maximum Gasteiger partial charge on any atom is 0.303 e. The van der Waals surface area contributed by atoms with Crippen LogP contribution in [0.2, 0.25) is 0 Å². The zero-order valence-electron chi connectivity index (χ0n) is 21.3. The Kier molecular flexibility index (Phi) is 6.61. The molecule has 3 aromatic rings. The minimum atomic E-state index is -0.744. The largest absolute Gasteiger partial charge is 0.497 e. The van der Waals surface area contributed by atoms with Crippen molar-refractivity contribution in [3.8, 4) is 22.6 Å². The minimum Gasteiger partial charge on any atom is -0.497 e. The van der Waals surface area contributed by atoms with Crippen LogP contribution >= 0.6 is 0 Å². The summed E-state index contributed by atoms with van der Waals surface area (Å²) in [5.74, 6) is 0.978. The lowest BCUT2D eigenvalue weighted by Crippen LogP contribution is -2.10. The predicted octanol–water partition coefficient (Wildman–Crippen LogP) is 7.65. The van der Waals surface area contributed by atoms with Crippen LogP contribution in [0, 0.1) is 5.41 Å². The number of carboxylic acid groups (broad SMARTS) is 1. The molecule has 4 heteroatoms. The molecule has 3 aromatic carbocycles. The highest BCUT2D eigenvalue weighted by molar-refractivity contribution is 5.85. The fourth-order valence-corrected chi connectivity index (χ4v) is 5.75. The van der Waals surface area contributed by atoms with E-state index >= 15 is 0 Å². The summed E-state index contributed by atoms with van der Waals surface area (Å²) in [5, 5.41) is 9.26. The van der Waals surface area contributed by atoms with Gasteiger partial charge in [0.2, 0.25) is 0 Å². The van der Waals surface area contributed by atoms with E-state index in [1.54, 1.807) is 7.11 Å². The van der Waals surface area contributed by atoms with Gasteiger partial charge in [-0.25, -0.2) is 0 Å². The zero-order chi connectivity index (χ0) is 25.3. The fraction of sp³-hybridized carbons (Fsp3) is 0.344. The Hall–Kier alpha value is -3.53. The van der Waals surface area contributed by atoms with Gasteiger partial charge in [-0.2, -0.15) is 0 Å². The van der Waals surface area contributed by atoms with E-state index in [0.717, 1.165) is 53.9 Å². The number of carbonyl (C=O) groups is 1. The maximum atomic E-state index is 11.3. The van der Waals surface area contributed by atoms with Gasteiger partial charge >= 0.3 is 5.97 Å². The molecule has 0 heterocycles. The van der Waals surface area contributed by atoms with Crippen molar-refractivity contribution in [2.24, 2.45) is 5.41 Å². The number of aliphatic carboxylic acids is 1. The number of rotatable bonds is 8. The third-order valence-corrected chi connectivity index (χ3v) is 7.75. The molecule has 1 atom stereocenters. The molecule has 0 radical (unpaired) electrons. The number of allylic oxidation sites excluding steroid dienone is 2. The van der Waals surface area contributed by atoms with Crippen molar-refractivity contribution in [3.05, 3.63) is 89.0 Å². The number of ether oxygens (including phenoxy) is 2. The van der Waals surface area contributed by atoms with Crippen molar-refractivity contribution in [1.82, 2.24) is 0 Å². The van der Waals surface area contributed by atoms with E-state index in [4.69, 9.17) is 9.47 Å². The smallest absolute Gasteiger partial charge is 0.303 e. The van der Waals surface area contributed by atoms with Gasteiger partial charge in [0, 0.05) is 0 Å². The van der Waals surface area contributed by atoms with Crippen molar-refractivity contribution in [2.75, 3.05) is 7.11 Å². The van der Waals surface area contributed by atoms with E-state index in [2.05, 4.69) is 56.3 Å². The normalized spacial score (nSPS) is 18.0. The molecule has 5 rings (SSSR count). The number of methoxy groups -OCH3 is 1. The Bertz CT molecular complexity index is 1320. The first-order chi connectivity index (χ1) is 17.3. The lowest BCUT2D eigenvalue weighted by molar-refractivity contribution is -0.137. The molecule has 2 aliphatic rings. The fourth-order valence-electron chi connectivity index (χ4n) is 5.75. The second-order valence-corrected chi connectivity index (χ2v) is 10.6. The number of carboxylic acids is 1. The number of hydrogen-bond donors (Lipinski definition) is 1. The lowest BCUT2D eigenvalue weighted by atomic mass is 9.79. The van der Waals surface area contributed by atoms with Crippen LogP contribution in [-0.2, 0) is 17.8 Å². The Morgan fingerprint density at radius 1 is 1.03 bits per heavy atom. The average molecular weight is 483 g/mol. The van der Waals surface area contributed by atoms with Crippen molar-refractivity contribution < 1.29 is 19.4 Å². The van der Waals surface area contributed by atoms with Gasteiger partial charge in [-0.1, -0.05) is 50.3 Å². The molecule has 0 aromatic heterocycles. The van der Waals surface area contributed by atoms with Crippen LogP contribution in [0.25, 0.3) is 16.7 Å². The van der Waals surface area contributed by atoms with Gasteiger partial charge in [0.15, 0.2) is 0 Å². The highest BCUT2D eigenvalue weighted by Crippen LogP contribution is 2.47. The second-order valence-electron chi connectivity index (χ2n) is 10.6. The Labute approximate surface area is 213 Å². The molecule has 0 saturated carbocycles. The number of fused-ring (bicyclic) bond motifs is 1. The van der Waals surface area contributed by atoms with Gasteiger partial charge < -0.3 is 14.6 Å². The Morgan fingerprint density at radius 3 is 2.64 bits per heavy atom. The van der Waals surface area contributed by atoms with E-state index in [-0.39, 0.29) is 17.8 Å². The van der Waals surface area contributed by atoms with Crippen LogP contribution in [0.4, 0.5) is 0 Å². The molecule has 4 nitrogen and oxygen atoms in total. The number of aryl methyl sites for hydroxylation is 1. The van der Waals surface area contributed by atoms with Crippen molar-refractivity contribution in [2.45, 2.75) is 58.5 Å². The minimum absolute atomic E-state index is 0.0753. The van der Waals surface area contributed by atoms with E-state index in [0.29, 0.717) is 6.61 Å².